The number of hydrogen-bond acceptors (Lipinski definition) is 6. The second kappa shape index (κ2) is 10.9. The van der Waals surface area contributed by atoms with Gasteiger partial charge in [0.1, 0.15) is 22.4 Å². The summed E-state index contributed by atoms with van der Waals surface area (Å²) in [5.41, 5.74) is 8.69. The first kappa shape index (κ1) is 31.2. The number of fused-ring (bicyclic) bond motifs is 4. The summed E-state index contributed by atoms with van der Waals surface area (Å²) < 4.78 is 51.3. The minimum absolute atomic E-state index is 0.000331. The first-order chi connectivity index (χ1) is 22.9. The number of hydrogen-bond donors (Lipinski definition) is 2. The standard InChI is InChI=1S/C35H40F3N7O3/c1-18(40-33(47)34(11-4-12-34)35(36,37)38)25-9-7-21-13-27(43(31(21)41-25)17-20-5-6-20)30-19(2)44-28(42-30)14-22(15-29(44)48-3)32(46)45-23-8-10-26(45)24(39)16-23/h7,9,13-15,18,20,23-24,26H,4-6,8,10-12,16-17,39H2,1-3H3,(H,40,47)/t18-,23+,24-,26-/m1/s1. The fourth-order valence-corrected chi connectivity index (χ4v) is 8.19. The molecule has 2 saturated carbocycles. The van der Waals surface area contributed by atoms with Gasteiger partial charge in [0.2, 0.25) is 5.91 Å². The number of methoxy groups -OCH3 is 1. The van der Waals surface area contributed by atoms with Gasteiger partial charge in [0.25, 0.3) is 5.91 Å². The largest absolute Gasteiger partial charge is 0.482 e. The third-order valence-corrected chi connectivity index (χ3v) is 11.3. The molecule has 0 spiro atoms. The van der Waals surface area contributed by atoms with E-state index in [0.29, 0.717) is 47.3 Å². The summed E-state index contributed by atoms with van der Waals surface area (Å²) in [7, 11) is 1.58. The molecular weight excluding hydrogens is 623 g/mol. The van der Waals surface area contributed by atoms with Crippen LogP contribution in [0.4, 0.5) is 13.2 Å². The van der Waals surface area contributed by atoms with Crippen molar-refractivity contribution < 1.29 is 27.5 Å². The highest BCUT2D eigenvalue weighted by Crippen LogP contribution is 2.53. The molecule has 254 valence electrons. The van der Waals surface area contributed by atoms with Crippen LogP contribution >= 0.6 is 0 Å². The van der Waals surface area contributed by atoms with E-state index < -0.39 is 23.5 Å². The molecule has 8 rings (SSSR count). The summed E-state index contributed by atoms with van der Waals surface area (Å²) in [6.07, 6.45) is 0.299. The Labute approximate surface area is 275 Å². The van der Waals surface area contributed by atoms with Crippen LogP contribution in [0.2, 0.25) is 0 Å². The Kier molecular flexibility index (Phi) is 7.10. The van der Waals surface area contributed by atoms with Gasteiger partial charge < -0.3 is 25.3 Å². The van der Waals surface area contributed by atoms with Gasteiger partial charge in [-0.25, -0.2) is 9.97 Å². The van der Waals surface area contributed by atoms with Crippen molar-refractivity contribution in [2.24, 2.45) is 17.1 Å². The molecular formula is C35H40F3N7O3. The maximum absolute atomic E-state index is 13.8. The highest BCUT2D eigenvalue weighted by atomic mass is 19.4. The molecule has 4 aromatic heterocycles. The number of halogens is 3. The molecule has 0 unspecified atom stereocenters. The number of aromatic nitrogens is 4. The summed E-state index contributed by atoms with van der Waals surface area (Å²) in [5, 5.41) is 3.47. The van der Waals surface area contributed by atoms with E-state index in [9.17, 15) is 22.8 Å². The van der Waals surface area contributed by atoms with Crippen molar-refractivity contribution in [1.82, 2.24) is 29.2 Å². The van der Waals surface area contributed by atoms with Crippen LogP contribution in [0.5, 0.6) is 5.88 Å². The van der Waals surface area contributed by atoms with E-state index in [1.54, 1.807) is 26.2 Å². The van der Waals surface area contributed by atoms with Crippen LogP contribution in [-0.4, -0.2) is 67.1 Å². The smallest absolute Gasteiger partial charge is 0.403 e. The van der Waals surface area contributed by atoms with Gasteiger partial charge in [0.05, 0.1) is 30.2 Å². The lowest BCUT2D eigenvalue weighted by Crippen LogP contribution is -2.55. The van der Waals surface area contributed by atoms with E-state index in [0.717, 1.165) is 54.6 Å². The van der Waals surface area contributed by atoms with Gasteiger partial charge in [-0.05, 0) is 89.0 Å². The van der Waals surface area contributed by atoms with Crippen molar-refractivity contribution in [2.75, 3.05) is 7.11 Å². The summed E-state index contributed by atoms with van der Waals surface area (Å²) in [4.78, 5) is 38.6. The Bertz CT molecular complexity index is 1960. The van der Waals surface area contributed by atoms with Crippen LogP contribution in [0.3, 0.4) is 0 Å². The number of alkyl halides is 3. The number of pyridine rings is 2. The quantitative estimate of drug-likeness (QED) is 0.250. The van der Waals surface area contributed by atoms with Crippen LogP contribution in [0.15, 0.2) is 30.3 Å². The minimum atomic E-state index is -4.59. The number of carbonyl (C=O) groups excluding carboxylic acids is 2. The first-order valence-corrected chi connectivity index (χ1v) is 16.9. The van der Waals surface area contributed by atoms with Gasteiger partial charge in [-0.15, -0.1) is 0 Å². The number of carbonyl (C=O) groups is 2. The van der Waals surface area contributed by atoms with Gasteiger partial charge in [0.15, 0.2) is 5.88 Å². The molecule has 4 aromatic rings. The Morgan fingerprint density at radius 2 is 1.90 bits per heavy atom. The molecule has 0 radical (unpaired) electrons. The molecule has 2 aliphatic carbocycles. The predicted molar refractivity (Wildman–Crippen MR) is 172 cm³/mol. The van der Waals surface area contributed by atoms with Crippen LogP contribution < -0.4 is 15.8 Å². The van der Waals surface area contributed by atoms with Crippen molar-refractivity contribution >= 4 is 28.5 Å². The lowest BCUT2D eigenvalue weighted by molar-refractivity contribution is -0.243. The maximum atomic E-state index is 13.8. The number of ether oxygens (including phenoxy) is 1. The molecule has 4 atom stereocenters. The molecule has 6 heterocycles. The lowest BCUT2D eigenvalue weighted by Gasteiger charge is -2.41. The van der Waals surface area contributed by atoms with Gasteiger partial charge in [-0.1, -0.05) is 6.42 Å². The van der Waals surface area contributed by atoms with Crippen molar-refractivity contribution in [2.45, 2.75) is 102 Å². The Hall–Kier alpha value is -4.13. The van der Waals surface area contributed by atoms with Gasteiger partial charge in [-0.3, -0.25) is 14.0 Å². The minimum Gasteiger partial charge on any atom is -0.482 e. The van der Waals surface area contributed by atoms with Crippen LogP contribution in [0.1, 0.15) is 86.1 Å². The summed E-state index contributed by atoms with van der Waals surface area (Å²) in [5.74, 6) is -0.0684. The van der Waals surface area contributed by atoms with Gasteiger partial charge >= 0.3 is 6.18 Å². The summed E-state index contributed by atoms with van der Waals surface area (Å²) in [6.45, 7) is 4.34. The van der Waals surface area contributed by atoms with E-state index in [4.69, 9.17) is 20.4 Å². The molecule has 2 saturated heterocycles. The van der Waals surface area contributed by atoms with Crippen LogP contribution in [-0.2, 0) is 11.3 Å². The second-order valence-corrected chi connectivity index (χ2v) is 14.3. The van der Waals surface area contributed by atoms with Gasteiger partial charge in [0, 0.05) is 41.7 Å². The number of aryl methyl sites for hydroxylation is 1. The number of nitrogens with two attached hydrogens (primary N) is 1. The molecule has 3 N–H and O–H groups in total. The maximum Gasteiger partial charge on any atom is 0.403 e. The number of nitrogens with one attached hydrogen (secondary N) is 1. The van der Waals surface area contributed by atoms with Crippen LogP contribution in [0.25, 0.3) is 28.1 Å². The van der Waals surface area contributed by atoms with Crippen LogP contribution in [0, 0.1) is 18.3 Å². The average Bonchev–Trinajstić information content (AvgIpc) is 3.34. The molecule has 2 aliphatic heterocycles. The van der Waals surface area contributed by atoms with E-state index in [2.05, 4.69) is 9.88 Å². The SMILES string of the molecule is COc1cc(C(=O)N2[C@H]3CC[C@@H]2[C@H](N)C3)cc2nc(-c3cc4ccc([C@@H](C)NC(=O)C5(C(F)(F)F)CCC5)nc4n3CC3CC3)c(C)n12. The summed E-state index contributed by atoms with van der Waals surface area (Å²) in [6, 6.07) is 8.77. The zero-order valence-corrected chi connectivity index (χ0v) is 27.3. The zero-order chi connectivity index (χ0) is 33.7. The molecule has 10 nitrogen and oxygen atoms in total. The van der Waals surface area contributed by atoms with Crippen molar-refractivity contribution in [3.05, 3.63) is 47.3 Å². The number of amides is 2. The predicted octanol–water partition coefficient (Wildman–Crippen LogP) is 5.69. The topological polar surface area (TPSA) is 120 Å². The highest BCUT2D eigenvalue weighted by Gasteiger charge is 2.63. The average molecular weight is 664 g/mol. The third kappa shape index (κ3) is 4.71. The molecule has 13 heteroatoms. The van der Waals surface area contributed by atoms with E-state index >= 15 is 0 Å². The number of rotatable bonds is 8. The fraction of sp³-hybridized carbons (Fsp3) is 0.543. The first-order valence-electron chi connectivity index (χ1n) is 16.9. The van der Waals surface area contributed by atoms with E-state index in [1.807, 2.05) is 34.4 Å². The van der Waals surface area contributed by atoms with E-state index in [1.165, 1.54) is 0 Å². The van der Waals surface area contributed by atoms with Gasteiger partial charge in [-0.2, -0.15) is 13.2 Å². The number of nitrogens with zero attached hydrogens (tertiary/aromatic N) is 5. The molecule has 2 bridgehead atoms. The molecule has 2 amide bonds. The second-order valence-electron chi connectivity index (χ2n) is 14.3. The Morgan fingerprint density at radius 3 is 2.50 bits per heavy atom. The normalized spacial score (nSPS) is 23.9. The van der Waals surface area contributed by atoms with Crippen molar-refractivity contribution in [3.63, 3.8) is 0 Å². The zero-order valence-electron chi connectivity index (χ0n) is 27.3. The molecule has 0 aromatic carbocycles. The fourth-order valence-electron chi connectivity index (χ4n) is 8.19. The third-order valence-electron chi connectivity index (χ3n) is 11.3. The van der Waals surface area contributed by atoms with Crippen molar-refractivity contribution in [3.8, 4) is 17.3 Å². The Balaban J connectivity index is 1.16. The summed E-state index contributed by atoms with van der Waals surface area (Å²) >= 11 is 0. The monoisotopic (exact) mass is 663 g/mol. The molecule has 48 heavy (non-hydrogen) atoms. The molecule has 4 fully saturated rings. The number of imidazole rings is 1. The van der Waals surface area contributed by atoms with Crippen molar-refractivity contribution in [1.29, 1.82) is 0 Å². The lowest BCUT2D eigenvalue weighted by atomic mass is 9.67. The molecule has 4 aliphatic rings. The van der Waals surface area contributed by atoms with E-state index in [-0.39, 0.29) is 36.9 Å². The Morgan fingerprint density at radius 1 is 1.12 bits per heavy atom. The highest BCUT2D eigenvalue weighted by molar-refractivity contribution is 5.97.